The number of carbonyl (C=O) groups is 2. The lowest BCUT2D eigenvalue weighted by Gasteiger charge is -2.18. The molecule has 0 saturated carbocycles. The van der Waals surface area contributed by atoms with Gasteiger partial charge in [-0.25, -0.2) is 4.98 Å². The first-order chi connectivity index (χ1) is 11.0. The first-order valence-electron chi connectivity index (χ1n) is 7.38. The number of pyridine rings is 1. The maximum atomic E-state index is 12.3. The van der Waals surface area contributed by atoms with Crippen molar-refractivity contribution in [3.8, 4) is 0 Å². The van der Waals surface area contributed by atoms with Gasteiger partial charge < -0.3 is 10.2 Å². The second-order valence-electron chi connectivity index (χ2n) is 4.85. The van der Waals surface area contributed by atoms with Gasteiger partial charge in [-0.05, 0) is 44.2 Å². The third kappa shape index (κ3) is 4.29. The lowest BCUT2D eigenvalue weighted by atomic mass is 10.2. The van der Waals surface area contributed by atoms with E-state index < -0.39 is 0 Å². The molecule has 0 fully saturated rings. The Bertz CT molecular complexity index is 714. The SMILES string of the molecule is CCN(CC)C(=O)c1cccc(C(=O)Nc2cccc(Cl)c2)n1. The third-order valence-corrected chi connectivity index (χ3v) is 3.57. The van der Waals surface area contributed by atoms with Gasteiger partial charge in [0.05, 0.1) is 0 Å². The molecule has 0 bridgehead atoms. The van der Waals surface area contributed by atoms with Gasteiger partial charge >= 0.3 is 0 Å². The van der Waals surface area contributed by atoms with Crippen LogP contribution in [-0.4, -0.2) is 34.8 Å². The van der Waals surface area contributed by atoms with Crippen LogP contribution in [0.15, 0.2) is 42.5 Å². The molecule has 1 aromatic heterocycles. The predicted octanol–water partition coefficient (Wildman–Crippen LogP) is 3.47. The van der Waals surface area contributed by atoms with Crippen LogP contribution in [0.5, 0.6) is 0 Å². The van der Waals surface area contributed by atoms with E-state index in [0.29, 0.717) is 23.8 Å². The molecule has 1 N–H and O–H groups in total. The van der Waals surface area contributed by atoms with Gasteiger partial charge in [-0.2, -0.15) is 0 Å². The van der Waals surface area contributed by atoms with Gasteiger partial charge in [0, 0.05) is 23.8 Å². The van der Waals surface area contributed by atoms with Crippen LogP contribution in [-0.2, 0) is 0 Å². The van der Waals surface area contributed by atoms with Crippen LogP contribution < -0.4 is 5.32 Å². The van der Waals surface area contributed by atoms with E-state index in [1.807, 2.05) is 13.8 Å². The zero-order valence-corrected chi connectivity index (χ0v) is 13.8. The van der Waals surface area contributed by atoms with Crippen molar-refractivity contribution >= 4 is 29.1 Å². The number of carbonyl (C=O) groups excluding carboxylic acids is 2. The quantitative estimate of drug-likeness (QED) is 0.912. The number of rotatable bonds is 5. The van der Waals surface area contributed by atoms with Crippen LogP contribution in [0.4, 0.5) is 5.69 Å². The van der Waals surface area contributed by atoms with E-state index in [1.165, 1.54) is 0 Å². The number of nitrogens with one attached hydrogen (secondary N) is 1. The largest absolute Gasteiger partial charge is 0.338 e. The van der Waals surface area contributed by atoms with E-state index in [2.05, 4.69) is 10.3 Å². The molecule has 2 aromatic rings. The molecule has 0 atom stereocenters. The first kappa shape index (κ1) is 17.0. The molecule has 0 aliphatic heterocycles. The Morgan fingerprint density at radius 3 is 2.39 bits per heavy atom. The zero-order valence-electron chi connectivity index (χ0n) is 13.0. The molecule has 0 spiro atoms. The fourth-order valence-corrected chi connectivity index (χ4v) is 2.30. The molecule has 0 aliphatic rings. The molecule has 0 aliphatic carbocycles. The zero-order chi connectivity index (χ0) is 16.8. The van der Waals surface area contributed by atoms with Crippen molar-refractivity contribution in [2.45, 2.75) is 13.8 Å². The summed E-state index contributed by atoms with van der Waals surface area (Å²) >= 11 is 5.89. The number of halogens is 1. The van der Waals surface area contributed by atoms with Crippen molar-refractivity contribution in [1.29, 1.82) is 0 Å². The molecule has 5 nitrogen and oxygen atoms in total. The second-order valence-corrected chi connectivity index (χ2v) is 5.29. The van der Waals surface area contributed by atoms with Crippen LogP contribution in [0, 0.1) is 0 Å². The van der Waals surface area contributed by atoms with E-state index in [0.717, 1.165) is 0 Å². The van der Waals surface area contributed by atoms with Crippen molar-refractivity contribution in [1.82, 2.24) is 9.88 Å². The van der Waals surface area contributed by atoms with E-state index in [-0.39, 0.29) is 23.2 Å². The van der Waals surface area contributed by atoms with Gasteiger partial charge in [0.25, 0.3) is 11.8 Å². The summed E-state index contributed by atoms with van der Waals surface area (Å²) in [6.07, 6.45) is 0. The normalized spacial score (nSPS) is 10.2. The molecule has 0 saturated heterocycles. The molecule has 1 aromatic carbocycles. The maximum Gasteiger partial charge on any atom is 0.274 e. The smallest absolute Gasteiger partial charge is 0.274 e. The number of amides is 2. The summed E-state index contributed by atoms with van der Waals surface area (Å²) in [5, 5.41) is 3.24. The van der Waals surface area contributed by atoms with Crippen LogP contribution >= 0.6 is 11.6 Å². The molecule has 23 heavy (non-hydrogen) atoms. The van der Waals surface area contributed by atoms with Crippen LogP contribution in [0.1, 0.15) is 34.8 Å². The van der Waals surface area contributed by atoms with E-state index >= 15 is 0 Å². The molecule has 2 amide bonds. The maximum absolute atomic E-state index is 12.3. The fourth-order valence-electron chi connectivity index (χ4n) is 2.11. The topological polar surface area (TPSA) is 62.3 Å². The lowest BCUT2D eigenvalue weighted by Crippen LogP contribution is -2.31. The summed E-state index contributed by atoms with van der Waals surface area (Å²) in [6, 6.07) is 11.7. The standard InChI is InChI=1S/C17H18ClN3O2/c1-3-21(4-2)17(23)15-10-6-9-14(20-15)16(22)19-13-8-5-7-12(18)11-13/h5-11H,3-4H2,1-2H3,(H,19,22). The highest BCUT2D eigenvalue weighted by molar-refractivity contribution is 6.30. The minimum atomic E-state index is -0.388. The highest BCUT2D eigenvalue weighted by Crippen LogP contribution is 2.15. The van der Waals surface area contributed by atoms with Gasteiger partial charge in [0.1, 0.15) is 11.4 Å². The molecule has 1 heterocycles. The summed E-state index contributed by atoms with van der Waals surface area (Å²) in [7, 11) is 0. The average Bonchev–Trinajstić information content (AvgIpc) is 2.56. The number of hydrogen-bond acceptors (Lipinski definition) is 3. The summed E-state index contributed by atoms with van der Waals surface area (Å²) in [6.45, 7) is 4.99. The van der Waals surface area contributed by atoms with E-state index in [9.17, 15) is 9.59 Å². The number of nitrogens with zero attached hydrogens (tertiary/aromatic N) is 2. The van der Waals surface area contributed by atoms with Gasteiger partial charge in [0.2, 0.25) is 0 Å². The number of hydrogen-bond donors (Lipinski definition) is 1. The number of benzene rings is 1. The molecule has 2 rings (SSSR count). The van der Waals surface area contributed by atoms with Gasteiger partial charge in [-0.15, -0.1) is 0 Å². The first-order valence-corrected chi connectivity index (χ1v) is 7.76. The Labute approximate surface area is 140 Å². The highest BCUT2D eigenvalue weighted by atomic mass is 35.5. The Morgan fingerprint density at radius 1 is 1.09 bits per heavy atom. The molecule has 6 heteroatoms. The monoisotopic (exact) mass is 331 g/mol. The predicted molar refractivity (Wildman–Crippen MR) is 90.9 cm³/mol. The molecular formula is C17H18ClN3O2. The Kier molecular flexibility index (Phi) is 5.71. The highest BCUT2D eigenvalue weighted by Gasteiger charge is 2.16. The summed E-state index contributed by atoms with van der Waals surface area (Å²) in [5.74, 6) is -0.575. The molecule has 0 unspecified atom stereocenters. The van der Waals surface area contributed by atoms with Crippen molar-refractivity contribution in [2.75, 3.05) is 18.4 Å². The minimum Gasteiger partial charge on any atom is -0.338 e. The van der Waals surface area contributed by atoms with Crippen LogP contribution in [0.3, 0.4) is 0 Å². The number of aromatic nitrogens is 1. The molecule has 120 valence electrons. The third-order valence-electron chi connectivity index (χ3n) is 3.33. The molecule has 0 radical (unpaired) electrons. The number of anilines is 1. The average molecular weight is 332 g/mol. The Balaban J connectivity index is 2.19. The van der Waals surface area contributed by atoms with Crippen molar-refractivity contribution in [2.24, 2.45) is 0 Å². The van der Waals surface area contributed by atoms with Crippen LogP contribution in [0.2, 0.25) is 5.02 Å². The minimum absolute atomic E-state index is 0.183. The summed E-state index contributed by atoms with van der Waals surface area (Å²) in [5.41, 5.74) is 1.01. The summed E-state index contributed by atoms with van der Waals surface area (Å²) in [4.78, 5) is 30.4. The van der Waals surface area contributed by atoms with E-state index in [1.54, 1.807) is 47.4 Å². The van der Waals surface area contributed by atoms with Crippen LogP contribution in [0.25, 0.3) is 0 Å². The van der Waals surface area contributed by atoms with Crippen molar-refractivity contribution in [3.05, 3.63) is 58.9 Å². The van der Waals surface area contributed by atoms with Crippen molar-refractivity contribution in [3.63, 3.8) is 0 Å². The lowest BCUT2D eigenvalue weighted by molar-refractivity contribution is 0.0767. The fraction of sp³-hybridized carbons (Fsp3) is 0.235. The van der Waals surface area contributed by atoms with Gasteiger partial charge in [-0.1, -0.05) is 23.7 Å². The Morgan fingerprint density at radius 2 is 1.74 bits per heavy atom. The van der Waals surface area contributed by atoms with Gasteiger partial charge in [-0.3, -0.25) is 9.59 Å². The van der Waals surface area contributed by atoms with Gasteiger partial charge in [0.15, 0.2) is 0 Å². The van der Waals surface area contributed by atoms with E-state index in [4.69, 9.17) is 11.6 Å². The Hall–Kier alpha value is -2.40. The van der Waals surface area contributed by atoms with Crippen molar-refractivity contribution < 1.29 is 9.59 Å². The molecular weight excluding hydrogens is 314 g/mol. The second kappa shape index (κ2) is 7.74. The summed E-state index contributed by atoms with van der Waals surface area (Å²) < 4.78 is 0.